The second-order valence-corrected chi connectivity index (χ2v) is 41.2. The van der Waals surface area contributed by atoms with Gasteiger partial charge in [-0.3, -0.25) is 0 Å². The summed E-state index contributed by atoms with van der Waals surface area (Å²) in [5, 5.41) is 2.12. The van der Waals surface area contributed by atoms with Crippen LogP contribution in [0.5, 0.6) is 0 Å². The Hall–Kier alpha value is 5.28. The highest BCUT2D eigenvalue weighted by atomic mass is 32.3. The van der Waals surface area contributed by atoms with Crippen LogP contribution in [0.3, 0.4) is 0 Å². The third-order valence-electron chi connectivity index (χ3n) is 6.93. The van der Waals surface area contributed by atoms with Crippen LogP contribution in [-0.4, -0.2) is 33.2 Å². The van der Waals surface area contributed by atoms with E-state index in [9.17, 15) is 0 Å². The van der Waals surface area contributed by atoms with Crippen molar-refractivity contribution in [3.8, 4) is 0 Å². The molecule has 0 fully saturated rings. The van der Waals surface area contributed by atoms with E-state index >= 15 is 0 Å². The van der Waals surface area contributed by atoms with Crippen molar-refractivity contribution in [1.29, 1.82) is 0 Å². The zero-order chi connectivity index (χ0) is 35.6. The van der Waals surface area contributed by atoms with Crippen molar-refractivity contribution in [2.75, 3.05) is 33.2 Å². The first-order chi connectivity index (χ1) is 26.6. The first-order valence-electron chi connectivity index (χ1n) is 15.3. The average molecular weight is 1150 g/mol. The van der Waals surface area contributed by atoms with Gasteiger partial charge in [0.15, 0.2) is 0 Å². The summed E-state index contributed by atoms with van der Waals surface area (Å²) < 4.78 is 29.6. The molecule has 0 aromatic rings. The van der Waals surface area contributed by atoms with E-state index in [4.69, 9.17) is 0 Å². The molecule has 54 heavy (non-hydrogen) atoms. The Labute approximate surface area is 417 Å². The van der Waals surface area contributed by atoms with Gasteiger partial charge in [-0.25, -0.2) is 0 Å². The van der Waals surface area contributed by atoms with E-state index in [1.54, 1.807) is 0 Å². The van der Waals surface area contributed by atoms with Gasteiger partial charge in [0.1, 0.15) is 0 Å². The lowest BCUT2D eigenvalue weighted by Crippen LogP contribution is -1.88. The minimum atomic E-state index is 1.06. The Morgan fingerprint density at radius 2 is 0.389 bits per heavy atom. The molecule has 0 spiro atoms. The van der Waals surface area contributed by atoms with Crippen molar-refractivity contribution in [3.05, 3.63) is 109 Å². The predicted octanol–water partition coefficient (Wildman–Crippen LogP) is 20.0. The fourth-order valence-electron chi connectivity index (χ4n) is 4.72. The molecule has 11 aliphatic heterocycles. The molecule has 0 unspecified atom stereocenters. The van der Waals surface area contributed by atoms with Gasteiger partial charge in [0.2, 0.25) is 0 Å². The van der Waals surface area contributed by atoms with Crippen LogP contribution >= 0.6 is 282 Å². The molecule has 0 bridgehead atoms. The van der Waals surface area contributed by atoms with E-state index in [1.807, 2.05) is 282 Å². The van der Waals surface area contributed by atoms with Crippen LogP contribution < -0.4 is 0 Å². The molecule has 0 atom stereocenters. The van der Waals surface area contributed by atoms with Crippen molar-refractivity contribution < 1.29 is 0 Å². The first kappa shape index (κ1) is 41.9. The summed E-state index contributed by atoms with van der Waals surface area (Å²) in [6.45, 7) is 0. The third-order valence-corrected chi connectivity index (χ3v) is 41.7. The maximum atomic E-state index is 2.37. The van der Waals surface area contributed by atoms with E-state index in [0.717, 1.165) is 10.2 Å². The van der Waals surface area contributed by atoms with E-state index in [-0.39, 0.29) is 0 Å². The number of hydrogen-bond acceptors (Lipinski definition) is 24. The maximum Gasteiger partial charge on any atom is 0.0718 e. The van der Waals surface area contributed by atoms with Crippen molar-refractivity contribution in [2.24, 2.45) is 0 Å². The molecule has 0 nitrogen and oxygen atoms in total. The molecule has 0 radical (unpaired) electrons. The Morgan fingerprint density at radius 3 is 0.648 bits per heavy atom. The van der Waals surface area contributed by atoms with Gasteiger partial charge in [-0.15, -0.1) is 94.1 Å². The standard InChI is InChI=1S/C30H16S24/c1(3-13-43-23-24(44-13)52-29(51-23)27-47-15-16(48-27)32-6-5-31-15)11-39-19-20(40-11)36-10-38-22-21(37-9-35-19)41-12(42-22)2-4-14-45-25-26(46-14)54-30(53-25)28-49-17-18(50-28)34-8-7-33-17/h1-4H,5-10H2. The van der Waals surface area contributed by atoms with Gasteiger partial charge < -0.3 is 0 Å². The molecule has 0 aliphatic carbocycles. The summed E-state index contributed by atoms with van der Waals surface area (Å²) in [5.74, 6) is 4.99. The van der Waals surface area contributed by atoms with E-state index in [1.165, 1.54) is 108 Å². The fraction of sp³-hybridized carbons (Fsp3) is 0.200. The second-order valence-electron chi connectivity index (χ2n) is 10.4. The molecule has 0 N–H and O–H groups in total. The van der Waals surface area contributed by atoms with E-state index in [0.29, 0.717) is 0 Å². The molecule has 0 aromatic carbocycles. The van der Waals surface area contributed by atoms with Crippen LogP contribution in [0, 0.1) is 0 Å². The Kier molecular flexibility index (Phi) is 15.1. The summed E-state index contributed by atoms with van der Waals surface area (Å²) in [7, 11) is 0. The van der Waals surface area contributed by atoms with Gasteiger partial charge in [0, 0.05) is 33.2 Å². The van der Waals surface area contributed by atoms with Crippen molar-refractivity contribution >= 4 is 282 Å². The van der Waals surface area contributed by atoms with Gasteiger partial charge in [-0.1, -0.05) is 188 Å². The average Bonchev–Trinajstić information content (AvgIpc) is 4.03. The number of rotatable bonds is 2. The lowest BCUT2D eigenvalue weighted by Gasteiger charge is -2.09. The van der Waals surface area contributed by atoms with Gasteiger partial charge >= 0.3 is 0 Å². The molecule has 11 aliphatic rings. The Balaban J connectivity index is 0.648. The zero-order valence-corrected chi connectivity index (χ0v) is 45.9. The van der Waals surface area contributed by atoms with Crippen LogP contribution in [0.25, 0.3) is 0 Å². The quantitative estimate of drug-likeness (QED) is 0.257. The second kappa shape index (κ2) is 19.4. The van der Waals surface area contributed by atoms with Crippen LogP contribution in [0.4, 0.5) is 0 Å². The molecule has 0 saturated carbocycles. The Bertz CT molecular complexity index is 1860. The van der Waals surface area contributed by atoms with Crippen molar-refractivity contribution in [3.63, 3.8) is 0 Å². The maximum absolute atomic E-state index is 2.37. The minimum absolute atomic E-state index is 1.06. The molecule has 0 aromatic heterocycles. The molecule has 11 heterocycles. The molecule has 11 rings (SSSR count). The van der Waals surface area contributed by atoms with Crippen molar-refractivity contribution in [2.45, 2.75) is 0 Å². The highest BCUT2D eigenvalue weighted by molar-refractivity contribution is 8.51. The first-order valence-corrected chi connectivity index (χ1v) is 36.2. The molecule has 0 saturated heterocycles. The molecule has 0 amide bonds. The summed E-state index contributed by atoms with van der Waals surface area (Å²) in [6, 6.07) is 0. The van der Waals surface area contributed by atoms with Crippen LogP contribution in [0.2, 0.25) is 0 Å². The van der Waals surface area contributed by atoms with Crippen LogP contribution in [0.1, 0.15) is 0 Å². The summed E-state index contributed by atoms with van der Waals surface area (Å²) in [6.07, 6.45) is 9.47. The smallest absolute Gasteiger partial charge is 0.0718 e. The lowest BCUT2D eigenvalue weighted by atomic mass is 10.6. The molecular weight excluding hydrogens is 1130 g/mol. The normalized spacial score (nSPS) is 27.3. The monoisotopic (exact) mass is 1140 g/mol. The minimum Gasteiger partial charge on any atom is -0.116 e. The summed E-state index contributed by atoms with van der Waals surface area (Å²) in [4.78, 5) is 0. The highest BCUT2D eigenvalue weighted by Gasteiger charge is 2.37. The summed E-state index contributed by atoms with van der Waals surface area (Å²) >= 11 is 48.1. The van der Waals surface area contributed by atoms with Crippen LogP contribution in [-0.2, 0) is 0 Å². The number of thioether (sulfide) groups is 24. The van der Waals surface area contributed by atoms with Gasteiger partial charge in [-0.05, 0) is 24.3 Å². The highest BCUT2D eigenvalue weighted by Crippen LogP contribution is 2.73. The van der Waals surface area contributed by atoms with Crippen molar-refractivity contribution in [1.82, 2.24) is 0 Å². The molecule has 24 heteroatoms. The van der Waals surface area contributed by atoms with E-state index in [2.05, 4.69) is 24.3 Å². The molecular formula is C30H16S24. The van der Waals surface area contributed by atoms with Gasteiger partial charge in [0.25, 0.3) is 0 Å². The SMILES string of the molecule is C(C=C1SC2=C(S1)SC(=C1SC3=C(SCCS3)S1)S2)=C1SC2=C(SCSC3=C(SCS2)SC(=CC=C2SC4=C(S2)SC(=C2SC5=C(SCCS5)S2)S4)S3)S1. The number of hydrogen-bond donors (Lipinski definition) is 0. The number of allylic oxidation sites excluding steroid dienone is 4. The predicted molar refractivity (Wildman–Crippen MR) is 300 cm³/mol. The Morgan fingerprint density at radius 1 is 0.204 bits per heavy atom. The van der Waals surface area contributed by atoms with Gasteiger partial charge in [-0.2, -0.15) is 0 Å². The fourth-order valence-corrected chi connectivity index (χ4v) is 41.9. The van der Waals surface area contributed by atoms with Crippen LogP contribution in [0.15, 0.2) is 109 Å². The zero-order valence-electron chi connectivity index (χ0n) is 26.4. The lowest BCUT2D eigenvalue weighted by molar-refractivity contribution is 1.56. The molecule has 280 valence electrons. The largest absolute Gasteiger partial charge is 0.116 e. The van der Waals surface area contributed by atoms with E-state index < -0.39 is 0 Å². The summed E-state index contributed by atoms with van der Waals surface area (Å²) in [5.41, 5.74) is 0. The topological polar surface area (TPSA) is 0 Å². The van der Waals surface area contributed by atoms with Gasteiger partial charge in [0.05, 0.1) is 84.7 Å². The third kappa shape index (κ3) is 9.63.